The summed E-state index contributed by atoms with van der Waals surface area (Å²) < 4.78 is 0. The molecule has 0 fully saturated rings. The second-order valence-corrected chi connectivity index (χ2v) is 5.48. The Hall–Kier alpha value is -2.40. The third kappa shape index (κ3) is 3.43. The zero-order chi connectivity index (χ0) is 15.4. The van der Waals surface area contributed by atoms with Gasteiger partial charge in [-0.1, -0.05) is 6.07 Å². The molecule has 1 aromatic heterocycles. The Kier molecular flexibility index (Phi) is 4.34. The van der Waals surface area contributed by atoms with Crippen molar-refractivity contribution in [2.75, 3.05) is 11.9 Å². The standard InChI is InChI=1S/C17H20N4O/c18-17(20-11-16(22)13-6-8-19-9-7-13)21-15-5-4-12-2-1-3-14(12)10-15/h4-10,16,22H,1-3,11H2,(H3,18,20,21). The number of benzene rings is 1. The van der Waals surface area contributed by atoms with E-state index in [-0.39, 0.29) is 6.54 Å². The van der Waals surface area contributed by atoms with E-state index in [1.807, 2.05) is 6.07 Å². The van der Waals surface area contributed by atoms with Crippen molar-refractivity contribution in [2.45, 2.75) is 25.4 Å². The van der Waals surface area contributed by atoms with Crippen LogP contribution in [0.4, 0.5) is 5.69 Å². The van der Waals surface area contributed by atoms with Gasteiger partial charge in [0.1, 0.15) is 0 Å². The van der Waals surface area contributed by atoms with Gasteiger partial charge in [0.25, 0.3) is 0 Å². The van der Waals surface area contributed by atoms with Crippen molar-refractivity contribution >= 4 is 11.6 Å². The Morgan fingerprint density at radius 1 is 1.23 bits per heavy atom. The highest BCUT2D eigenvalue weighted by Gasteiger charge is 2.11. The van der Waals surface area contributed by atoms with Gasteiger partial charge < -0.3 is 16.2 Å². The van der Waals surface area contributed by atoms with Crippen LogP contribution in [0.1, 0.15) is 29.2 Å². The fourth-order valence-corrected chi connectivity index (χ4v) is 2.71. The predicted octanol–water partition coefficient (Wildman–Crippen LogP) is 2.03. The highest BCUT2D eigenvalue weighted by Crippen LogP contribution is 2.24. The fraction of sp³-hybridized carbons (Fsp3) is 0.294. The van der Waals surface area contributed by atoms with E-state index in [0.717, 1.165) is 24.1 Å². The third-order valence-corrected chi connectivity index (χ3v) is 3.90. The zero-order valence-corrected chi connectivity index (χ0v) is 12.4. The molecule has 4 N–H and O–H groups in total. The number of nitrogens with two attached hydrogens (primary N) is 1. The summed E-state index contributed by atoms with van der Waals surface area (Å²) in [6, 6.07) is 9.83. The number of aromatic nitrogens is 1. The molecule has 0 radical (unpaired) electrons. The molecule has 0 saturated carbocycles. The molecule has 1 heterocycles. The summed E-state index contributed by atoms with van der Waals surface area (Å²) in [5, 5.41) is 13.1. The minimum absolute atomic E-state index is 0.216. The SMILES string of the molecule is NC(=NCC(O)c1ccncc1)Nc1ccc2c(c1)CCC2. The minimum atomic E-state index is -0.677. The maximum atomic E-state index is 10.0. The van der Waals surface area contributed by atoms with Crippen molar-refractivity contribution in [3.8, 4) is 0 Å². The number of fused-ring (bicyclic) bond motifs is 1. The molecule has 0 amide bonds. The molecule has 1 aromatic carbocycles. The van der Waals surface area contributed by atoms with Gasteiger partial charge >= 0.3 is 0 Å². The lowest BCUT2D eigenvalue weighted by Crippen LogP contribution is -2.23. The van der Waals surface area contributed by atoms with E-state index < -0.39 is 6.10 Å². The number of nitrogens with zero attached hydrogens (tertiary/aromatic N) is 2. The van der Waals surface area contributed by atoms with Gasteiger partial charge in [-0.15, -0.1) is 0 Å². The second-order valence-electron chi connectivity index (χ2n) is 5.48. The van der Waals surface area contributed by atoms with Crippen LogP contribution in [-0.2, 0) is 12.8 Å². The molecule has 1 unspecified atom stereocenters. The molecule has 3 rings (SSSR count). The van der Waals surface area contributed by atoms with Gasteiger partial charge in [-0.2, -0.15) is 0 Å². The molecule has 1 aliphatic carbocycles. The lowest BCUT2D eigenvalue weighted by atomic mass is 10.1. The Balaban J connectivity index is 1.60. The van der Waals surface area contributed by atoms with E-state index in [1.54, 1.807) is 24.5 Å². The summed E-state index contributed by atoms with van der Waals surface area (Å²) in [6.07, 6.45) is 6.13. The molecule has 0 bridgehead atoms. The largest absolute Gasteiger partial charge is 0.386 e. The van der Waals surface area contributed by atoms with Crippen LogP contribution in [-0.4, -0.2) is 22.6 Å². The first kappa shape index (κ1) is 14.5. The number of aliphatic hydroxyl groups is 1. The van der Waals surface area contributed by atoms with Crippen molar-refractivity contribution in [3.63, 3.8) is 0 Å². The van der Waals surface area contributed by atoms with Crippen LogP contribution in [0.5, 0.6) is 0 Å². The number of rotatable bonds is 4. The third-order valence-electron chi connectivity index (χ3n) is 3.90. The first-order valence-electron chi connectivity index (χ1n) is 7.49. The Bertz CT molecular complexity index is 670. The molecule has 0 aliphatic heterocycles. The van der Waals surface area contributed by atoms with Crippen LogP contribution in [0.2, 0.25) is 0 Å². The quantitative estimate of drug-likeness (QED) is 0.595. The molecule has 0 saturated heterocycles. The van der Waals surface area contributed by atoms with Crippen molar-refractivity contribution < 1.29 is 5.11 Å². The number of nitrogens with one attached hydrogen (secondary N) is 1. The summed E-state index contributed by atoms with van der Waals surface area (Å²) in [5.41, 5.74) is 10.4. The van der Waals surface area contributed by atoms with Gasteiger partial charge in [0.15, 0.2) is 5.96 Å². The van der Waals surface area contributed by atoms with Crippen LogP contribution < -0.4 is 11.1 Å². The molecule has 0 spiro atoms. The zero-order valence-electron chi connectivity index (χ0n) is 12.4. The fourth-order valence-electron chi connectivity index (χ4n) is 2.71. The van der Waals surface area contributed by atoms with Crippen LogP contribution in [0.25, 0.3) is 0 Å². The van der Waals surface area contributed by atoms with Crippen LogP contribution in [0.3, 0.4) is 0 Å². The highest BCUT2D eigenvalue weighted by molar-refractivity contribution is 5.92. The number of aliphatic imine (C=N–C) groups is 1. The lowest BCUT2D eigenvalue weighted by Gasteiger charge is -2.10. The molecule has 1 aliphatic rings. The van der Waals surface area contributed by atoms with Gasteiger partial charge in [-0.25, -0.2) is 0 Å². The maximum absolute atomic E-state index is 10.0. The highest BCUT2D eigenvalue weighted by atomic mass is 16.3. The number of aliphatic hydroxyl groups excluding tert-OH is 1. The number of hydrogen-bond acceptors (Lipinski definition) is 3. The van der Waals surface area contributed by atoms with Gasteiger partial charge in [-0.05, 0) is 60.2 Å². The maximum Gasteiger partial charge on any atom is 0.193 e. The Morgan fingerprint density at radius 3 is 2.82 bits per heavy atom. The van der Waals surface area contributed by atoms with E-state index >= 15 is 0 Å². The molecule has 114 valence electrons. The van der Waals surface area contributed by atoms with Crippen LogP contribution in [0.15, 0.2) is 47.7 Å². The summed E-state index contributed by atoms with van der Waals surface area (Å²) >= 11 is 0. The van der Waals surface area contributed by atoms with E-state index in [1.165, 1.54) is 17.5 Å². The molecule has 5 heteroatoms. The van der Waals surface area contributed by atoms with Gasteiger partial charge in [0.05, 0.1) is 12.6 Å². The predicted molar refractivity (Wildman–Crippen MR) is 87.8 cm³/mol. The molecule has 2 aromatic rings. The topological polar surface area (TPSA) is 83.5 Å². The van der Waals surface area contributed by atoms with E-state index in [0.29, 0.717) is 5.96 Å². The normalized spacial score (nSPS) is 15.4. The first-order valence-corrected chi connectivity index (χ1v) is 7.49. The summed E-state index contributed by atoms with van der Waals surface area (Å²) in [5.74, 6) is 0.311. The number of aryl methyl sites for hydroxylation is 2. The second kappa shape index (κ2) is 6.58. The molecular weight excluding hydrogens is 276 g/mol. The van der Waals surface area contributed by atoms with Crippen molar-refractivity contribution in [3.05, 3.63) is 59.4 Å². The average Bonchev–Trinajstić information content (AvgIpc) is 3.01. The summed E-state index contributed by atoms with van der Waals surface area (Å²) in [4.78, 5) is 8.13. The molecule has 22 heavy (non-hydrogen) atoms. The van der Waals surface area contributed by atoms with Gasteiger partial charge in [0, 0.05) is 18.1 Å². The number of guanidine groups is 1. The van der Waals surface area contributed by atoms with E-state index in [4.69, 9.17) is 5.73 Å². The van der Waals surface area contributed by atoms with Crippen molar-refractivity contribution in [2.24, 2.45) is 10.7 Å². The molecule has 5 nitrogen and oxygen atoms in total. The number of hydrogen-bond donors (Lipinski definition) is 3. The van der Waals surface area contributed by atoms with Crippen LogP contribution in [0, 0.1) is 0 Å². The van der Waals surface area contributed by atoms with Crippen molar-refractivity contribution in [1.29, 1.82) is 0 Å². The smallest absolute Gasteiger partial charge is 0.193 e. The van der Waals surface area contributed by atoms with Gasteiger partial charge in [-0.3, -0.25) is 9.98 Å². The van der Waals surface area contributed by atoms with Crippen molar-refractivity contribution in [1.82, 2.24) is 4.98 Å². The minimum Gasteiger partial charge on any atom is -0.386 e. The number of pyridine rings is 1. The Labute approximate surface area is 129 Å². The summed E-state index contributed by atoms with van der Waals surface area (Å²) in [6.45, 7) is 0.216. The number of anilines is 1. The Morgan fingerprint density at radius 2 is 2.00 bits per heavy atom. The molecular formula is C17H20N4O. The average molecular weight is 296 g/mol. The summed E-state index contributed by atoms with van der Waals surface area (Å²) in [7, 11) is 0. The van der Waals surface area contributed by atoms with E-state index in [2.05, 4.69) is 27.4 Å². The van der Waals surface area contributed by atoms with Gasteiger partial charge in [0.2, 0.25) is 0 Å². The monoisotopic (exact) mass is 296 g/mol. The lowest BCUT2D eigenvalue weighted by molar-refractivity contribution is 0.187. The van der Waals surface area contributed by atoms with Crippen LogP contribution >= 0.6 is 0 Å². The first-order chi connectivity index (χ1) is 10.7. The molecule has 1 atom stereocenters. The van der Waals surface area contributed by atoms with E-state index in [9.17, 15) is 5.11 Å².